The fourth-order valence-corrected chi connectivity index (χ4v) is 1.94. The molecule has 1 saturated heterocycles. The quantitative estimate of drug-likeness (QED) is 0.330. The molecule has 2 atom stereocenters. The van der Waals surface area contributed by atoms with Crippen LogP contribution in [0.5, 0.6) is 0 Å². The summed E-state index contributed by atoms with van der Waals surface area (Å²) in [6, 6.07) is 0. The molecule has 1 fully saturated rings. The van der Waals surface area contributed by atoms with Crippen LogP contribution in [0.2, 0.25) is 0 Å². The van der Waals surface area contributed by atoms with E-state index >= 15 is 0 Å². The first-order valence-corrected chi connectivity index (χ1v) is 8.75. The predicted octanol–water partition coefficient (Wildman–Crippen LogP) is 3.16. The maximum atomic E-state index is 10.9. The Bertz CT molecular complexity index is 443. The van der Waals surface area contributed by atoms with Crippen LogP contribution in [0.3, 0.4) is 0 Å². The standard InChI is InChI=1S/C17H30O6.C2H4O/c1-13(9-19-6)10-21-16(2,3)7-8-17(4,5)22-12-14-11-20-15(18)23-14;1-2-3/h7-8,13-14H,9-12H2,1-6H3;2H,1H3/b8-7+;. The van der Waals surface area contributed by atoms with E-state index in [4.69, 9.17) is 28.5 Å². The third-order valence-electron chi connectivity index (χ3n) is 3.37. The Labute approximate surface area is 157 Å². The highest BCUT2D eigenvalue weighted by Gasteiger charge is 2.28. The van der Waals surface area contributed by atoms with Gasteiger partial charge in [0.1, 0.15) is 12.9 Å². The van der Waals surface area contributed by atoms with Crippen LogP contribution in [-0.2, 0) is 28.5 Å². The first-order chi connectivity index (χ1) is 12.0. The Balaban J connectivity index is 0.00000194. The van der Waals surface area contributed by atoms with Crippen molar-refractivity contribution >= 4 is 12.4 Å². The molecular weight excluding hydrogens is 340 g/mol. The van der Waals surface area contributed by atoms with Crippen molar-refractivity contribution in [3.8, 4) is 0 Å². The van der Waals surface area contributed by atoms with Gasteiger partial charge in [-0.15, -0.1) is 0 Å². The van der Waals surface area contributed by atoms with Gasteiger partial charge < -0.3 is 28.5 Å². The highest BCUT2D eigenvalue weighted by Crippen LogP contribution is 2.19. The van der Waals surface area contributed by atoms with E-state index in [1.165, 1.54) is 6.92 Å². The highest BCUT2D eigenvalue weighted by atomic mass is 16.8. The van der Waals surface area contributed by atoms with Crippen LogP contribution in [0, 0.1) is 5.92 Å². The number of cyclic esters (lactones) is 2. The smallest absolute Gasteiger partial charge is 0.430 e. The first kappa shape index (κ1) is 24.6. The van der Waals surface area contributed by atoms with E-state index in [0.29, 0.717) is 25.7 Å². The van der Waals surface area contributed by atoms with Gasteiger partial charge in [0.05, 0.1) is 31.0 Å². The molecule has 0 radical (unpaired) electrons. The third-order valence-corrected chi connectivity index (χ3v) is 3.37. The SMILES string of the molecule is CC=O.COCC(C)COC(C)(C)/C=C/C(C)(C)OCC1COC(=O)O1. The van der Waals surface area contributed by atoms with Crippen molar-refractivity contribution in [2.24, 2.45) is 5.92 Å². The number of ether oxygens (including phenoxy) is 5. The summed E-state index contributed by atoms with van der Waals surface area (Å²) in [6.07, 6.45) is 3.73. The Morgan fingerprint density at radius 1 is 1.15 bits per heavy atom. The number of carbonyl (C=O) groups is 2. The molecule has 2 unspecified atom stereocenters. The van der Waals surface area contributed by atoms with Crippen molar-refractivity contribution in [1.29, 1.82) is 0 Å². The van der Waals surface area contributed by atoms with Crippen LogP contribution >= 0.6 is 0 Å². The molecule has 0 bridgehead atoms. The second-order valence-corrected chi connectivity index (χ2v) is 7.26. The topological polar surface area (TPSA) is 80.3 Å². The number of hydrogen-bond acceptors (Lipinski definition) is 7. The number of rotatable bonds is 10. The van der Waals surface area contributed by atoms with Gasteiger partial charge in [0.15, 0.2) is 6.10 Å². The molecule has 0 aliphatic carbocycles. The molecule has 7 nitrogen and oxygen atoms in total. The Kier molecular flexibility index (Phi) is 11.4. The monoisotopic (exact) mass is 374 g/mol. The normalized spacial score (nSPS) is 18.7. The van der Waals surface area contributed by atoms with Gasteiger partial charge in [0.25, 0.3) is 0 Å². The lowest BCUT2D eigenvalue weighted by Crippen LogP contribution is -2.31. The molecule has 26 heavy (non-hydrogen) atoms. The lowest BCUT2D eigenvalue weighted by Gasteiger charge is -2.27. The molecule has 7 heteroatoms. The molecular formula is C19H34O7. The van der Waals surface area contributed by atoms with Crippen LogP contribution in [0.15, 0.2) is 12.2 Å². The minimum atomic E-state index is -0.633. The van der Waals surface area contributed by atoms with E-state index in [2.05, 4.69) is 6.92 Å². The van der Waals surface area contributed by atoms with E-state index < -0.39 is 17.4 Å². The van der Waals surface area contributed by atoms with Gasteiger partial charge in [0.2, 0.25) is 0 Å². The van der Waals surface area contributed by atoms with Gasteiger partial charge in [-0.05, 0) is 34.6 Å². The van der Waals surface area contributed by atoms with Crippen LogP contribution in [0.25, 0.3) is 0 Å². The van der Waals surface area contributed by atoms with Gasteiger partial charge in [-0.25, -0.2) is 4.79 Å². The molecule has 152 valence electrons. The fourth-order valence-electron chi connectivity index (χ4n) is 1.94. The summed E-state index contributed by atoms with van der Waals surface area (Å²) in [7, 11) is 1.69. The summed E-state index contributed by atoms with van der Waals surface area (Å²) >= 11 is 0. The minimum absolute atomic E-state index is 0.241. The van der Waals surface area contributed by atoms with Gasteiger partial charge in [-0.3, -0.25) is 0 Å². The van der Waals surface area contributed by atoms with Crippen molar-refractivity contribution in [3.63, 3.8) is 0 Å². The number of methoxy groups -OCH3 is 1. The summed E-state index contributed by atoms with van der Waals surface area (Å²) in [5, 5.41) is 0. The summed E-state index contributed by atoms with van der Waals surface area (Å²) in [4.78, 5) is 19.7. The second kappa shape index (κ2) is 12.0. The van der Waals surface area contributed by atoms with E-state index in [0.717, 1.165) is 6.29 Å². The van der Waals surface area contributed by atoms with E-state index in [1.807, 2.05) is 39.8 Å². The van der Waals surface area contributed by atoms with E-state index in [-0.39, 0.29) is 12.7 Å². The molecule has 0 spiro atoms. The van der Waals surface area contributed by atoms with E-state index in [1.54, 1.807) is 7.11 Å². The lowest BCUT2D eigenvalue weighted by molar-refractivity contribution is -0.106. The van der Waals surface area contributed by atoms with Crippen LogP contribution in [0.4, 0.5) is 4.79 Å². The van der Waals surface area contributed by atoms with Crippen molar-refractivity contribution < 1.29 is 33.3 Å². The summed E-state index contributed by atoms with van der Waals surface area (Å²) in [6.45, 7) is 13.3. The van der Waals surface area contributed by atoms with E-state index in [9.17, 15) is 4.79 Å². The van der Waals surface area contributed by atoms with Crippen molar-refractivity contribution in [1.82, 2.24) is 0 Å². The van der Waals surface area contributed by atoms with Gasteiger partial charge >= 0.3 is 6.16 Å². The van der Waals surface area contributed by atoms with Crippen molar-refractivity contribution in [2.45, 2.75) is 58.8 Å². The average molecular weight is 374 g/mol. The summed E-state index contributed by atoms with van der Waals surface area (Å²) in [5.41, 5.74) is -0.890. The van der Waals surface area contributed by atoms with Gasteiger partial charge in [0, 0.05) is 13.0 Å². The van der Waals surface area contributed by atoms with Crippen LogP contribution in [-0.4, -0.2) is 63.3 Å². The first-order valence-electron chi connectivity index (χ1n) is 8.75. The molecule has 1 aliphatic heterocycles. The molecule has 1 heterocycles. The number of aldehydes is 1. The van der Waals surface area contributed by atoms with Gasteiger partial charge in [-0.2, -0.15) is 0 Å². The van der Waals surface area contributed by atoms with Gasteiger partial charge in [-0.1, -0.05) is 19.1 Å². The predicted molar refractivity (Wildman–Crippen MR) is 98.2 cm³/mol. The van der Waals surface area contributed by atoms with Crippen molar-refractivity contribution in [2.75, 3.05) is 33.5 Å². The fraction of sp³-hybridized carbons (Fsp3) is 0.789. The third kappa shape index (κ3) is 12.0. The number of hydrogen-bond donors (Lipinski definition) is 0. The zero-order valence-corrected chi connectivity index (χ0v) is 17.1. The molecule has 0 aromatic heterocycles. The zero-order valence-electron chi connectivity index (χ0n) is 17.1. The van der Waals surface area contributed by atoms with Crippen molar-refractivity contribution in [3.05, 3.63) is 12.2 Å². The summed E-state index contributed by atoms with van der Waals surface area (Å²) in [5.74, 6) is 0.342. The zero-order chi connectivity index (χ0) is 20.2. The molecule has 1 aliphatic rings. The number of carbonyl (C=O) groups excluding carboxylic acids is 2. The lowest BCUT2D eigenvalue weighted by atomic mass is 10.0. The minimum Gasteiger partial charge on any atom is -0.430 e. The average Bonchev–Trinajstić information content (AvgIpc) is 2.97. The van der Waals surface area contributed by atoms with Crippen LogP contribution < -0.4 is 0 Å². The maximum Gasteiger partial charge on any atom is 0.508 e. The molecule has 0 N–H and O–H groups in total. The Hall–Kier alpha value is -1.44. The Morgan fingerprint density at radius 3 is 2.15 bits per heavy atom. The highest BCUT2D eigenvalue weighted by molar-refractivity contribution is 5.61. The second-order valence-electron chi connectivity index (χ2n) is 7.26. The van der Waals surface area contributed by atoms with Crippen LogP contribution in [0.1, 0.15) is 41.5 Å². The molecule has 0 amide bonds. The largest absolute Gasteiger partial charge is 0.508 e. The Morgan fingerprint density at radius 2 is 1.69 bits per heavy atom. The molecule has 1 rings (SSSR count). The maximum absolute atomic E-state index is 10.9. The molecule has 0 aromatic carbocycles. The molecule has 0 saturated carbocycles. The molecule has 0 aromatic rings. The summed E-state index contributed by atoms with van der Waals surface area (Å²) < 4.78 is 26.5.